The monoisotopic (exact) mass is 758 g/mol. The molecule has 6 aliphatic rings. The number of halogens is 2. The first-order valence-electron chi connectivity index (χ1n) is 19.7. The minimum absolute atomic E-state index is 0.131. The van der Waals surface area contributed by atoms with Gasteiger partial charge in [-0.15, -0.1) is 0 Å². The normalized spacial score (nSPS) is 29.5. The Balaban J connectivity index is 0.885. The second kappa shape index (κ2) is 13.8. The van der Waals surface area contributed by atoms with Crippen molar-refractivity contribution in [2.45, 2.75) is 50.6 Å². The number of hydrogen-bond acceptors (Lipinski definition) is 11. The lowest BCUT2D eigenvalue weighted by Gasteiger charge is -2.29. The van der Waals surface area contributed by atoms with Gasteiger partial charge < -0.3 is 21.3 Å². The number of fused-ring (bicyclic) bond motifs is 2. The molecule has 2 saturated heterocycles. The first-order chi connectivity index (χ1) is 27.3. The van der Waals surface area contributed by atoms with Gasteiger partial charge in [-0.3, -0.25) is 0 Å². The van der Waals surface area contributed by atoms with Crippen molar-refractivity contribution >= 4 is 41.0 Å². The summed E-state index contributed by atoms with van der Waals surface area (Å²) in [5.74, 6) is 1.67. The van der Waals surface area contributed by atoms with Crippen LogP contribution in [-0.4, -0.2) is 73.6 Å². The van der Waals surface area contributed by atoms with Gasteiger partial charge in [0.2, 0.25) is 11.9 Å². The van der Waals surface area contributed by atoms with Crippen LogP contribution in [0.25, 0.3) is 0 Å². The Morgan fingerprint density at radius 3 is 1.32 bits per heavy atom. The quantitative estimate of drug-likeness (QED) is 0.239. The number of hydrazone groups is 2. The fraction of sp³-hybridized carbons (Fsp3) is 0.439. The number of nitrogen functional groups attached to an aromatic ring is 2. The first kappa shape index (κ1) is 34.7. The molecule has 13 nitrogen and oxygen atoms in total. The van der Waals surface area contributed by atoms with Crippen molar-refractivity contribution in [3.63, 3.8) is 0 Å². The van der Waals surface area contributed by atoms with Gasteiger partial charge in [-0.1, -0.05) is 60.7 Å². The van der Waals surface area contributed by atoms with Crippen LogP contribution in [0.1, 0.15) is 61.7 Å². The third-order valence-corrected chi connectivity index (χ3v) is 13.2. The highest BCUT2D eigenvalue weighted by atomic mass is 19.1. The Bertz CT molecular complexity index is 2030. The molecular weight excluding hydrogens is 715 g/mol. The molecular formula is C41H44F2N12O. The Labute approximate surface area is 323 Å². The molecule has 0 spiro atoms. The second-order valence-electron chi connectivity index (χ2n) is 16.4. The molecule has 2 aromatic heterocycles. The highest BCUT2D eigenvalue weighted by Gasteiger charge is 2.49. The Kier molecular flexibility index (Phi) is 8.55. The third-order valence-electron chi connectivity index (χ3n) is 13.2. The molecule has 2 amide bonds. The van der Waals surface area contributed by atoms with Crippen LogP contribution in [0.15, 0.2) is 83.3 Å². The second-order valence-corrected chi connectivity index (χ2v) is 16.4. The topological polar surface area (TPSA) is 158 Å². The lowest BCUT2D eigenvalue weighted by molar-refractivity contribution is 0.132. The number of carbonyl (C=O) groups is 1. The number of nitrogens with two attached hydrogens (primary N) is 2. The number of benzene rings is 2. The van der Waals surface area contributed by atoms with Crippen LogP contribution < -0.4 is 21.3 Å². The van der Waals surface area contributed by atoms with Crippen LogP contribution in [0.3, 0.4) is 0 Å². The zero-order chi connectivity index (χ0) is 38.1. The predicted molar refractivity (Wildman–Crippen MR) is 208 cm³/mol. The number of carbonyl (C=O) groups excluding carboxylic acids is 1. The lowest BCUT2D eigenvalue weighted by atomic mass is 9.92. The molecule has 4 fully saturated rings. The molecule has 6 atom stereocenters. The summed E-state index contributed by atoms with van der Waals surface area (Å²) in [5.41, 5.74) is 15.7. The van der Waals surface area contributed by atoms with Crippen LogP contribution in [-0.2, 0) is 0 Å². The van der Waals surface area contributed by atoms with E-state index in [1.807, 2.05) is 36.4 Å². The lowest BCUT2D eigenvalue weighted by Crippen LogP contribution is -2.38. The van der Waals surface area contributed by atoms with Gasteiger partial charge in [-0.05, 0) is 72.3 Å². The van der Waals surface area contributed by atoms with Crippen molar-refractivity contribution in [2.24, 2.45) is 45.7 Å². The van der Waals surface area contributed by atoms with E-state index in [9.17, 15) is 13.6 Å². The summed E-state index contributed by atoms with van der Waals surface area (Å²) in [7, 11) is 0. The summed E-state index contributed by atoms with van der Waals surface area (Å²) in [4.78, 5) is 36.0. The fourth-order valence-corrected chi connectivity index (χ4v) is 10.4. The number of hydrogen-bond donors (Lipinski definition) is 2. The van der Waals surface area contributed by atoms with Crippen molar-refractivity contribution < 1.29 is 13.6 Å². The van der Waals surface area contributed by atoms with Gasteiger partial charge in [0.25, 0.3) is 0 Å². The van der Waals surface area contributed by atoms with Gasteiger partial charge in [-0.2, -0.15) is 20.2 Å². The molecule has 288 valence electrons. The van der Waals surface area contributed by atoms with Crippen LogP contribution in [0, 0.1) is 47.1 Å². The molecule has 15 heteroatoms. The number of urea groups is 1. The molecule has 4 N–H and O–H groups in total. The summed E-state index contributed by atoms with van der Waals surface area (Å²) < 4.78 is 27.5. The van der Waals surface area contributed by atoms with Gasteiger partial charge in [0.05, 0.1) is 24.5 Å². The molecule has 0 radical (unpaired) electrons. The van der Waals surface area contributed by atoms with Crippen molar-refractivity contribution in [3.05, 3.63) is 95.8 Å². The first-order valence-corrected chi connectivity index (χ1v) is 19.7. The van der Waals surface area contributed by atoms with E-state index in [1.54, 1.807) is 10.0 Å². The van der Waals surface area contributed by atoms with Crippen molar-refractivity contribution in [1.29, 1.82) is 0 Å². The van der Waals surface area contributed by atoms with Crippen LogP contribution in [0.2, 0.25) is 0 Å². The summed E-state index contributed by atoms with van der Waals surface area (Å²) in [5, 5.41) is 13.8. The minimum Gasteiger partial charge on any atom is -0.381 e. The smallest absolute Gasteiger partial charge is 0.361 e. The zero-order valence-corrected chi connectivity index (χ0v) is 30.9. The average molecular weight is 759 g/mol. The van der Waals surface area contributed by atoms with Crippen molar-refractivity contribution in [3.8, 4) is 0 Å². The highest BCUT2D eigenvalue weighted by Crippen LogP contribution is 2.48. The Morgan fingerprint density at radius 1 is 0.589 bits per heavy atom. The maximum absolute atomic E-state index is 15.0. The van der Waals surface area contributed by atoms with Crippen molar-refractivity contribution in [2.75, 3.05) is 47.4 Å². The van der Waals surface area contributed by atoms with E-state index in [-0.39, 0.29) is 41.6 Å². The molecule has 56 heavy (non-hydrogen) atoms. The average Bonchev–Trinajstić information content (AvgIpc) is 4.06. The molecule has 2 aromatic carbocycles. The summed E-state index contributed by atoms with van der Waals surface area (Å²) >= 11 is 0. The third kappa shape index (κ3) is 6.16. The van der Waals surface area contributed by atoms with Gasteiger partial charge in [0, 0.05) is 50.4 Å². The van der Waals surface area contributed by atoms with E-state index in [0.717, 1.165) is 86.8 Å². The maximum atomic E-state index is 15.0. The van der Waals surface area contributed by atoms with Crippen LogP contribution >= 0.6 is 0 Å². The number of aromatic nitrogens is 4. The Hall–Kier alpha value is -5.73. The van der Waals surface area contributed by atoms with E-state index in [1.165, 1.54) is 0 Å². The molecule has 10 rings (SSSR count). The van der Waals surface area contributed by atoms with E-state index < -0.39 is 11.6 Å². The van der Waals surface area contributed by atoms with E-state index in [0.29, 0.717) is 48.4 Å². The Morgan fingerprint density at radius 2 is 0.964 bits per heavy atom. The van der Waals surface area contributed by atoms with Gasteiger partial charge in [0.15, 0.2) is 23.3 Å². The van der Waals surface area contributed by atoms with Gasteiger partial charge in [0.1, 0.15) is 0 Å². The molecule has 6 unspecified atom stereocenters. The SMILES string of the molecule is Nc1nc(N2CC3CC(C4=NN(C(=O)N5N=C(C6CC7CN(c8ncc(F)c(N)n8)CC7C6)CC5c5ccccc5)C(c5ccccc5)C4)CC3C2)ncc1F. The zero-order valence-electron chi connectivity index (χ0n) is 30.9. The largest absolute Gasteiger partial charge is 0.381 e. The maximum Gasteiger partial charge on any atom is 0.361 e. The number of nitrogens with zero attached hydrogens (tertiary/aromatic N) is 10. The molecule has 2 saturated carbocycles. The van der Waals surface area contributed by atoms with E-state index >= 15 is 0 Å². The molecule has 4 aliphatic heterocycles. The minimum atomic E-state index is -0.607. The van der Waals surface area contributed by atoms with Crippen molar-refractivity contribution in [1.82, 2.24) is 30.0 Å². The number of amides is 2. The summed E-state index contributed by atoms with van der Waals surface area (Å²) in [6, 6.07) is 19.7. The predicted octanol–water partition coefficient (Wildman–Crippen LogP) is 6.06. The fourth-order valence-electron chi connectivity index (χ4n) is 10.4. The van der Waals surface area contributed by atoms with Gasteiger partial charge >= 0.3 is 6.03 Å². The molecule has 6 heterocycles. The van der Waals surface area contributed by atoms with E-state index in [4.69, 9.17) is 21.7 Å². The van der Waals surface area contributed by atoms with Crippen LogP contribution in [0.5, 0.6) is 0 Å². The summed E-state index contributed by atoms with van der Waals surface area (Å²) in [6.07, 6.45) is 7.47. The molecule has 2 aliphatic carbocycles. The van der Waals surface area contributed by atoms with Gasteiger partial charge in [-0.25, -0.2) is 33.6 Å². The number of rotatable bonds is 6. The standard InChI is InChI=1S/C41H44F2N12O/c42-31-17-46-39(48-37(31)44)52-19-27-11-25(12-28(27)20-52)33-15-35(23-7-3-1-4-8-23)54(50-33)41(56)55-36(24-9-5-2-6-10-24)16-34(51-55)26-13-29-21-53(22-30(29)14-26)40-47-18-32(43)38(45)49-40/h1-10,17-18,25-30,35-36H,11-16,19-22H2,(H2,44,46,48)(H2,45,47,49). The molecule has 0 bridgehead atoms. The van der Waals surface area contributed by atoms with E-state index in [2.05, 4.69) is 54.0 Å². The van der Waals surface area contributed by atoms with Crippen LogP contribution in [0.4, 0.5) is 37.1 Å². The molecule has 4 aromatic rings. The highest BCUT2D eigenvalue weighted by molar-refractivity contribution is 5.94. The number of anilines is 4. The summed E-state index contributed by atoms with van der Waals surface area (Å²) in [6.45, 7) is 3.13.